The largest absolute Gasteiger partial charge is 0.459 e. The van der Waals surface area contributed by atoms with Crippen molar-refractivity contribution in [1.29, 1.82) is 0 Å². The predicted octanol–water partition coefficient (Wildman–Crippen LogP) is 2.40. The molecule has 0 radical (unpaired) electrons. The van der Waals surface area contributed by atoms with Gasteiger partial charge in [-0.2, -0.15) is 0 Å². The number of nitrogens with two attached hydrogens (primary N) is 1. The minimum absolute atomic E-state index is 0.286. The van der Waals surface area contributed by atoms with Gasteiger partial charge in [-0.05, 0) is 52.4 Å². The van der Waals surface area contributed by atoms with Crippen LogP contribution < -0.4 is 5.73 Å². The second kappa shape index (κ2) is 5.48. The van der Waals surface area contributed by atoms with E-state index in [4.69, 9.17) is 10.5 Å². The zero-order valence-corrected chi connectivity index (χ0v) is 10.5. The van der Waals surface area contributed by atoms with Gasteiger partial charge in [-0.1, -0.05) is 12.2 Å². The normalized spacial score (nSPS) is 22.9. The van der Waals surface area contributed by atoms with E-state index in [0.717, 1.165) is 12.8 Å². The van der Waals surface area contributed by atoms with Crippen molar-refractivity contribution in [2.75, 3.05) is 0 Å². The topological polar surface area (TPSA) is 52.3 Å². The number of allylic oxidation sites excluding steroid dienone is 2. The highest BCUT2D eigenvalue weighted by Gasteiger charge is 2.24. The average Bonchev–Trinajstić information content (AvgIpc) is 2.16. The molecule has 0 heterocycles. The molecule has 0 fully saturated rings. The number of hydrogen-bond acceptors (Lipinski definition) is 3. The van der Waals surface area contributed by atoms with E-state index in [2.05, 4.69) is 12.2 Å². The van der Waals surface area contributed by atoms with E-state index in [9.17, 15) is 4.79 Å². The quantitative estimate of drug-likeness (QED) is 0.592. The Kier molecular flexibility index (Phi) is 4.54. The number of carbonyl (C=O) groups excluding carboxylic acids is 1. The summed E-state index contributed by atoms with van der Waals surface area (Å²) in [4.78, 5) is 11.7. The molecule has 0 aromatic heterocycles. The maximum absolute atomic E-state index is 11.7. The second-order valence-electron chi connectivity index (χ2n) is 5.49. The number of ether oxygens (including phenoxy) is 1. The highest BCUT2D eigenvalue weighted by Crippen LogP contribution is 2.22. The van der Waals surface area contributed by atoms with E-state index in [1.165, 1.54) is 6.42 Å². The Hall–Kier alpha value is -0.830. The summed E-state index contributed by atoms with van der Waals surface area (Å²) >= 11 is 0. The molecule has 1 rings (SSSR count). The summed E-state index contributed by atoms with van der Waals surface area (Å²) in [6.07, 6.45) is 8.53. The SMILES string of the molecule is CC(C)(C)OC(=O)C(N)CC1C=CCCC1. The molecule has 0 aromatic carbocycles. The molecule has 3 heteroatoms. The van der Waals surface area contributed by atoms with Gasteiger partial charge in [0.25, 0.3) is 0 Å². The van der Waals surface area contributed by atoms with Gasteiger partial charge in [0.05, 0.1) is 0 Å². The summed E-state index contributed by atoms with van der Waals surface area (Å²) < 4.78 is 5.25. The van der Waals surface area contributed by atoms with E-state index >= 15 is 0 Å². The molecular weight excluding hydrogens is 202 g/mol. The third kappa shape index (κ3) is 4.79. The number of hydrogen-bond donors (Lipinski definition) is 1. The van der Waals surface area contributed by atoms with Crippen molar-refractivity contribution in [2.45, 2.75) is 58.1 Å². The molecule has 0 saturated heterocycles. The molecular formula is C13H23NO2. The fraction of sp³-hybridized carbons (Fsp3) is 0.769. The number of carbonyl (C=O) groups is 1. The third-order valence-corrected chi connectivity index (χ3v) is 2.62. The number of rotatable bonds is 3. The first kappa shape index (κ1) is 13.2. The molecule has 0 aromatic rings. The Balaban J connectivity index is 2.39. The van der Waals surface area contributed by atoms with Crippen LogP contribution in [-0.2, 0) is 9.53 Å². The van der Waals surface area contributed by atoms with Crippen LogP contribution in [0.2, 0.25) is 0 Å². The molecule has 0 saturated carbocycles. The van der Waals surface area contributed by atoms with Gasteiger partial charge in [0.15, 0.2) is 0 Å². The molecule has 2 unspecified atom stereocenters. The maximum atomic E-state index is 11.7. The summed E-state index contributed by atoms with van der Waals surface area (Å²) in [6.45, 7) is 5.58. The van der Waals surface area contributed by atoms with Crippen LogP contribution in [-0.4, -0.2) is 17.6 Å². The Labute approximate surface area is 98.0 Å². The van der Waals surface area contributed by atoms with Crippen molar-refractivity contribution >= 4 is 5.97 Å². The van der Waals surface area contributed by atoms with Crippen molar-refractivity contribution in [3.05, 3.63) is 12.2 Å². The Bertz CT molecular complexity index is 266. The van der Waals surface area contributed by atoms with Crippen LogP contribution in [0.5, 0.6) is 0 Å². The predicted molar refractivity (Wildman–Crippen MR) is 64.9 cm³/mol. The van der Waals surface area contributed by atoms with Crippen molar-refractivity contribution in [3.63, 3.8) is 0 Å². The van der Waals surface area contributed by atoms with Crippen LogP contribution in [0.3, 0.4) is 0 Å². The van der Waals surface area contributed by atoms with Crippen LogP contribution in [0, 0.1) is 5.92 Å². The molecule has 0 spiro atoms. The van der Waals surface area contributed by atoms with Gasteiger partial charge >= 0.3 is 5.97 Å². The maximum Gasteiger partial charge on any atom is 0.323 e. The lowest BCUT2D eigenvalue weighted by Gasteiger charge is -2.24. The summed E-state index contributed by atoms with van der Waals surface area (Å²) in [5.74, 6) is 0.155. The molecule has 0 amide bonds. The molecule has 1 aliphatic carbocycles. The Morgan fingerprint density at radius 3 is 2.75 bits per heavy atom. The highest BCUT2D eigenvalue weighted by molar-refractivity contribution is 5.75. The molecule has 2 atom stereocenters. The molecule has 0 aliphatic heterocycles. The lowest BCUT2D eigenvalue weighted by atomic mass is 9.90. The lowest BCUT2D eigenvalue weighted by Crippen LogP contribution is -2.38. The van der Waals surface area contributed by atoms with Crippen LogP contribution in [0.15, 0.2) is 12.2 Å². The smallest absolute Gasteiger partial charge is 0.323 e. The van der Waals surface area contributed by atoms with E-state index in [0.29, 0.717) is 12.3 Å². The Morgan fingerprint density at radius 1 is 1.56 bits per heavy atom. The fourth-order valence-corrected chi connectivity index (χ4v) is 1.88. The van der Waals surface area contributed by atoms with Gasteiger partial charge in [-0.25, -0.2) is 0 Å². The van der Waals surface area contributed by atoms with Gasteiger partial charge < -0.3 is 10.5 Å². The van der Waals surface area contributed by atoms with E-state index in [1.807, 2.05) is 20.8 Å². The van der Waals surface area contributed by atoms with E-state index < -0.39 is 11.6 Å². The lowest BCUT2D eigenvalue weighted by molar-refractivity contribution is -0.156. The van der Waals surface area contributed by atoms with Crippen LogP contribution in [0.1, 0.15) is 46.5 Å². The first-order valence-electron chi connectivity index (χ1n) is 6.03. The minimum Gasteiger partial charge on any atom is -0.459 e. The molecule has 92 valence electrons. The van der Waals surface area contributed by atoms with Crippen molar-refractivity contribution in [2.24, 2.45) is 11.7 Å². The van der Waals surface area contributed by atoms with E-state index in [-0.39, 0.29) is 5.97 Å². The van der Waals surface area contributed by atoms with Crippen molar-refractivity contribution in [1.82, 2.24) is 0 Å². The first-order valence-corrected chi connectivity index (χ1v) is 6.03. The fourth-order valence-electron chi connectivity index (χ4n) is 1.88. The monoisotopic (exact) mass is 225 g/mol. The summed E-state index contributed by atoms with van der Waals surface area (Å²) in [5.41, 5.74) is 5.40. The van der Waals surface area contributed by atoms with Gasteiger partial charge in [-0.3, -0.25) is 4.79 Å². The highest BCUT2D eigenvalue weighted by atomic mass is 16.6. The van der Waals surface area contributed by atoms with Crippen molar-refractivity contribution < 1.29 is 9.53 Å². The standard InChI is InChI=1S/C13H23NO2/c1-13(2,3)16-12(15)11(14)9-10-7-5-4-6-8-10/h5,7,10-11H,4,6,8-9,14H2,1-3H3. The Morgan fingerprint density at radius 2 is 2.25 bits per heavy atom. The molecule has 2 N–H and O–H groups in total. The summed E-state index contributed by atoms with van der Waals surface area (Å²) in [5, 5.41) is 0. The minimum atomic E-state index is -0.494. The van der Waals surface area contributed by atoms with Crippen molar-refractivity contribution in [3.8, 4) is 0 Å². The number of esters is 1. The van der Waals surface area contributed by atoms with Gasteiger partial charge in [-0.15, -0.1) is 0 Å². The average molecular weight is 225 g/mol. The molecule has 3 nitrogen and oxygen atoms in total. The molecule has 16 heavy (non-hydrogen) atoms. The molecule has 0 bridgehead atoms. The first-order chi connectivity index (χ1) is 7.38. The summed E-state index contributed by atoms with van der Waals surface area (Å²) in [6, 6.07) is -0.494. The zero-order chi connectivity index (χ0) is 12.2. The third-order valence-electron chi connectivity index (χ3n) is 2.62. The zero-order valence-electron chi connectivity index (χ0n) is 10.5. The van der Waals surface area contributed by atoms with E-state index in [1.54, 1.807) is 0 Å². The van der Waals surface area contributed by atoms with Crippen LogP contribution in [0.4, 0.5) is 0 Å². The summed E-state index contributed by atoms with van der Waals surface area (Å²) in [7, 11) is 0. The van der Waals surface area contributed by atoms with Gasteiger partial charge in [0, 0.05) is 0 Å². The van der Waals surface area contributed by atoms with Crippen LogP contribution >= 0.6 is 0 Å². The second-order valence-corrected chi connectivity index (χ2v) is 5.49. The molecule has 1 aliphatic rings. The van der Waals surface area contributed by atoms with Gasteiger partial charge in [0.2, 0.25) is 0 Å². The van der Waals surface area contributed by atoms with Gasteiger partial charge in [0.1, 0.15) is 11.6 Å². The van der Waals surface area contributed by atoms with Crippen LogP contribution in [0.25, 0.3) is 0 Å².